The second-order valence-corrected chi connectivity index (χ2v) is 5.72. The number of hydrogen-bond acceptors (Lipinski definition) is 2. The summed E-state index contributed by atoms with van der Waals surface area (Å²) in [6.07, 6.45) is 0.831. The number of rotatable bonds is 3. The van der Waals surface area contributed by atoms with E-state index in [1.807, 2.05) is 41.4 Å². The number of fused-ring (bicyclic) bond motifs is 1. The highest BCUT2D eigenvalue weighted by Gasteiger charge is 2.20. The molecule has 2 aromatic heterocycles. The van der Waals surface area contributed by atoms with Crippen LogP contribution in [-0.2, 0) is 19.3 Å². The molecule has 6 heteroatoms. The van der Waals surface area contributed by atoms with Gasteiger partial charge in [-0.15, -0.1) is 11.6 Å². The molecule has 1 aromatic carbocycles. The van der Waals surface area contributed by atoms with Gasteiger partial charge < -0.3 is 0 Å². The SMILES string of the molecule is CCc1nn(C)c2c1nc(CCl)n2-c1ccc(C)cc1Cl. The van der Waals surface area contributed by atoms with E-state index >= 15 is 0 Å². The molecule has 0 N–H and O–H groups in total. The minimum Gasteiger partial charge on any atom is -0.278 e. The standard InChI is InChI=1S/C15H16Cl2N4/c1-4-11-14-15(20(3)19-11)21(13(8-16)18-14)12-6-5-9(2)7-10(12)17/h5-7H,4,8H2,1-3H3. The smallest absolute Gasteiger partial charge is 0.163 e. The van der Waals surface area contributed by atoms with Crippen LogP contribution in [0.15, 0.2) is 18.2 Å². The van der Waals surface area contributed by atoms with E-state index in [0.29, 0.717) is 10.9 Å². The summed E-state index contributed by atoms with van der Waals surface area (Å²) in [4.78, 5) is 4.65. The molecule has 0 amide bonds. The molecule has 3 rings (SSSR count). The lowest BCUT2D eigenvalue weighted by Gasteiger charge is -2.10. The lowest BCUT2D eigenvalue weighted by atomic mass is 10.2. The molecule has 0 fully saturated rings. The molecule has 110 valence electrons. The topological polar surface area (TPSA) is 35.6 Å². The number of imidazole rings is 1. The van der Waals surface area contributed by atoms with Gasteiger partial charge in [-0.25, -0.2) is 9.67 Å². The average molecular weight is 323 g/mol. The number of nitrogens with zero attached hydrogens (tertiary/aromatic N) is 4. The van der Waals surface area contributed by atoms with Crippen molar-refractivity contribution < 1.29 is 0 Å². The predicted octanol–water partition coefficient (Wildman–Crippen LogP) is 4.02. The van der Waals surface area contributed by atoms with Crippen molar-refractivity contribution in [3.63, 3.8) is 0 Å². The lowest BCUT2D eigenvalue weighted by molar-refractivity contribution is 0.744. The summed E-state index contributed by atoms with van der Waals surface area (Å²) >= 11 is 12.5. The number of aromatic nitrogens is 4. The van der Waals surface area contributed by atoms with E-state index in [1.54, 1.807) is 0 Å². The van der Waals surface area contributed by atoms with Crippen LogP contribution in [0.2, 0.25) is 5.02 Å². The van der Waals surface area contributed by atoms with Gasteiger partial charge in [-0.1, -0.05) is 24.6 Å². The third-order valence-electron chi connectivity index (χ3n) is 3.57. The van der Waals surface area contributed by atoms with Crippen molar-refractivity contribution in [3.05, 3.63) is 40.3 Å². The van der Waals surface area contributed by atoms with E-state index in [9.17, 15) is 0 Å². The fourth-order valence-corrected chi connectivity index (χ4v) is 3.10. The molecule has 0 saturated heterocycles. The summed E-state index contributed by atoms with van der Waals surface area (Å²) in [5.74, 6) is 1.10. The number of hydrogen-bond donors (Lipinski definition) is 0. The molecule has 0 aliphatic heterocycles. The Bertz CT molecular complexity index is 817. The second-order valence-electron chi connectivity index (χ2n) is 5.05. The van der Waals surface area contributed by atoms with Gasteiger partial charge in [-0.2, -0.15) is 5.10 Å². The minimum atomic E-state index is 0.321. The van der Waals surface area contributed by atoms with E-state index in [2.05, 4.69) is 17.0 Å². The number of halogens is 2. The first-order valence-electron chi connectivity index (χ1n) is 6.82. The molecule has 4 nitrogen and oxygen atoms in total. The van der Waals surface area contributed by atoms with Crippen molar-refractivity contribution >= 4 is 34.4 Å². The van der Waals surface area contributed by atoms with Crippen LogP contribution in [0.3, 0.4) is 0 Å². The van der Waals surface area contributed by atoms with Crippen LogP contribution >= 0.6 is 23.2 Å². The van der Waals surface area contributed by atoms with E-state index in [1.165, 1.54) is 0 Å². The lowest BCUT2D eigenvalue weighted by Crippen LogP contribution is -2.05. The van der Waals surface area contributed by atoms with Gasteiger partial charge in [-0.05, 0) is 31.0 Å². The van der Waals surface area contributed by atoms with Gasteiger partial charge in [-0.3, -0.25) is 4.57 Å². The van der Waals surface area contributed by atoms with Crippen molar-refractivity contribution in [3.8, 4) is 5.69 Å². The molecule has 0 unspecified atom stereocenters. The Balaban J connectivity index is 2.37. The second kappa shape index (κ2) is 5.35. The van der Waals surface area contributed by atoms with Crippen LogP contribution < -0.4 is 0 Å². The van der Waals surface area contributed by atoms with Crippen LogP contribution in [0, 0.1) is 6.92 Å². The van der Waals surface area contributed by atoms with E-state index < -0.39 is 0 Å². The molecule has 0 saturated carbocycles. The first kappa shape index (κ1) is 14.4. The molecule has 0 spiro atoms. The Morgan fingerprint density at radius 2 is 2.05 bits per heavy atom. The fraction of sp³-hybridized carbons (Fsp3) is 0.333. The maximum absolute atomic E-state index is 6.42. The zero-order chi connectivity index (χ0) is 15.1. The van der Waals surface area contributed by atoms with Crippen LogP contribution in [-0.4, -0.2) is 19.3 Å². The maximum Gasteiger partial charge on any atom is 0.163 e. The number of benzene rings is 1. The highest BCUT2D eigenvalue weighted by molar-refractivity contribution is 6.32. The molecule has 21 heavy (non-hydrogen) atoms. The Morgan fingerprint density at radius 3 is 2.67 bits per heavy atom. The third-order valence-corrected chi connectivity index (χ3v) is 4.11. The summed E-state index contributed by atoms with van der Waals surface area (Å²) in [5.41, 5.74) is 4.79. The Kier molecular flexibility index (Phi) is 3.68. The summed E-state index contributed by atoms with van der Waals surface area (Å²) in [7, 11) is 1.92. The largest absolute Gasteiger partial charge is 0.278 e. The van der Waals surface area contributed by atoms with Crippen molar-refractivity contribution in [2.24, 2.45) is 7.05 Å². The molecule has 2 heterocycles. The number of aryl methyl sites for hydroxylation is 3. The van der Waals surface area contributed by atoms with Crippen molar-refractivity contribution in [2.45, 2.75) is 26.1 Å². The van der Waals surface area contributed by atoms with Crippen LogP contribution in [0.1, 0.15) is 24.0 Å². The molecule has 0 bridgehead atoms. The molecule has 0 atom stereocenters. The van der Waals surface area contributed by atoms with Gasteiger partial charge in [0, 0.05) is 7.05 Å². The minimum absolute atomic E-state index is 0.321. The molecule has 0 aliphatic rings. The van der Waals surface area contributed by atoms with Crippen molar-refractivity contribution in [2.75, 3.05) is 0 Å². The molecule has 0 radical (unpaired) electrons. The normalized spacial score (nSPS) is 11.5. The Morgan fingerprint density at radius 1 is 1.29 bits per heavy atom. The zero-order valence-corrected chi connectivity index (χ0v) is 13.7. The molecule has 3 aromatic rings. The number of alkyl halides is 1. The van der Waals surface area contributed by atoms with Crippen molar-refractivity contribution in [1.29, 1.82) is 0 Å². The zero-order valence-electron chi connectivity index (χ0n) is 12.2. The summed E-state index contributed by atoms with van der Waals surface area (Å²) in [6.45, 7) is 4.08. The van der Waals surface area contributed by atoms with E-state index in [-0.39, 0.29) is 0 Å². The van der Waals surface area contributed by atoms with Gasteiger partial charge in [0.25, 0.3) is 0 Å². The van der Waals surface area contributed by atoms with Gasteiger partial charge in [0.05, 0.1) is 22.3 Å². The average Bonchev–Trinajstić information content (AvgIpc) is 2.97. The maximum atomic E-state index is 6.42. The highest BCUT2D eigenvalue weighted by atomic mass is 35.5. The molecular formula is C15H16Cl2N4. The van der Waals surface area contributed by atoms with Crippen LogP contribution in [0.25, 0.3) is 16.9 Å². The molecule has 0 aliphatic carbocycles. The Hall–Kier alpha value is -1.52. The van der Waals surface area contributed by atoms with Gasteiger partial charge in [0.1, 0.15) is 11.3 Å². The summed E-state index contributed by atoms with van der Waals surface area (Å²) in [6, 6.07) is 5.97. The van der Waals surface area contributed by atoms with E-state index in [4.69, 9.17) is 23.2 Å². The van der Waals surface area contributed by atoms with Crippen molar-refractivity contribution in [1.82, 2.24) is 19.3 Å². The highest BCUT2D eigenvalue weighted by Crippen LogP contribution is 2.29. The van der Waals surface area contributed by atoms with Gasteiger partial charge >= 0.3 is 0 Å². The first-order valence-corrected chi connectivity index (χ1v) is 7.73. The van der Waals surface area contributed by atoms with Gasteiger partial charge in [0.2, 0.25) is 0 Å². The monoisotopic (exact) mass is 322 g/mol. The first-order chi connectivity index (χ1) is 10.1. The quantitative estimate of drug-likeness (QED) is 0.683. The summed E-state index contributed by atoms with van der Waals surface area (Å²) < 4.78 is 3.84. The summed E-state index contributed by atoms with van der Waals surface area (Å²) in [5, 5.41) is 5.20. The van der Waals surface area contributed by atoms with E-state index in [0.717, 1.165) is 40.4 Å². The fourth-order valence-electron chi connectivity index (χ4n) is 2.60. The third kappa shape index (κ3) is 2.23. The Labute approximate surface area is 133 Å². The molecular weight excluding hydrogens is 307 g/mol. The van der Waals surface area contributed by atoms with Crippen LogP contribution in [0.4, 0.5) is 0 Å². The van der Waals surface area contributed by atoms with Gasteiger partial charge in [0.15, 0.2) is 5.65 Å². The predicted molar refractivity (Wildman–Crippen MR) is 86.5 cm³/mol. The van der Waals surface area contributed by atoms with Crippen LogP contribution in [0.5, 0.6) is 0 Å².